The Bertz CT molecular complexity index is 475. The molecule has 1 aromatic carbocycles. The number of benzene rings is 1. The number of hydrogen-bond donors (Lipinski definition) is 1. The van der Waals surface area contributed by atoms with E-state index in [1.54, 1.807) is 6.20 Å². The maximum Gasteiger partial charge on any atom is 0.0705 e. The summed E-state index contributed by atoms with van der Waals surface area (Å²) in [5.41, 5.74) is 11.1. The van der Waals surface area contributed by atoms with E-state index in [0.29, 0.717) is 0 Å². The topological polar surface area (TPSA) is 38.9 Å². The molecule has 0 radical (unpaired) electrons. The van der Waals surface area contributed by atoms with Gasteiger partial charge < -0.3 is 5.73 Å². The van der Waals surface area contributed by atoms with Crippen molar-refractivity contribution in [3.05, 3.63) is 47.7 Å². The van der Waals surface area contributed by atoms with Crippen molar-refractivity contribution < 1.29 is 0 Å². The molecule has 0 saturated heterocycles. The van der Waals surface area contributed by atoms with Gasteiger partial charge in [-0.15, -0.1) is 0 Å². The van der Waals surface area contributed by atoms with Crippen LogP contribution in [0, 0.1) is 13.8 Å². The Kier molecular flexibility index (Phi) is 2.42. The normalized spacial score (nSPS) is 10.3. The van der Waals surface area contributed by atoms with E-state index in [1.807, 2.05) is 31.2 Å². The molecule has 2 nitrogen and oxygen atoms in total. The summed E-state index contributed by atoms with van der Waals surface area (Å²) in [5.74, 6) is 0. The summed E-state index contributed by atoms with van der Waals surface area (Å²) in [5, 5.41) is 0. The second-order valence-corrected chi connectivity index (χ2v) is 3.74. The van der Waals surface area contributed by atoms with Gasteiger partial charge in [-0.1, -0.05) is 12.1 Å². The van der Waals surface area contributed by atoms with Crippen molar-refractivity contribution in [3.63, 3.8) is 0 Å². The van der Waals surface area contributed by atoms with Crippen LogP contribution in [0.15, 0.2) is 36.5 Å². The predicted octanol–water partition coefficient (Wildman–Crippen LogP) is 2.95. The van der Waals surface area contributed by atoms with Crippen LogP contribution < -0.4 is 5.73 Å². The molecule has 15 heavy (non-hydrogen) atoms. The van der Waals surface area contributed by atoms with Crippen molar-refractivity contribution >= 4 is 5.69 Å². The molecule has 0 aliphatic heterocycles. The lowest BCUT2D eigenvalue weighted by Crippen LogP contribution is -1.94. The molecule has 1 aromatic heterocycles. The molecule has 0 saturated carbocycles. The van der Waals surface area contributed by atoms with Gasteiger partial charge in [0, 0.05) is 17.4 Å². The number of nitrogens with zero attached hydrogens (tertiary/aromatic N) is 1. The minimum Gasteiger partial charge on any atom is -0.398 e. The summed E-state index contributed by atoms with van der Waals surface area (Å²) >= 11 is 0. The molecule has 0 fully saturated rings. The second kappa shape index (κ2) is 3.73. The highest BCUT2D eigenvalue weighted by molar-refractivity contribution is 5.69. The highest BCUT2D eigenvalue weighted by atomic mass is 14.7. The average Bonchev–Trinajstić information content (AvgIpc) is 2.25. The Labute approximate surface area is 89.8 Å². The van der Waals surface area contributed by atoms with Crippen LogP contribution in [0.3, 0.4) is 0 Å². The van der Waals surface area contributed by atoms with Crippen LogP contribution in [0.4, 0.5) is 5.69 Å². The van der Waals surface area contributed by atoms with Gasteiger partial charge in [0.2, 0.25) is 0 Å². The van der Waals surface area contributed by atoms with E-state index in [2.05, 4.69) is 18.0 Å². The minimum atomic E-state index is 0.821. The van der Waals surface area contributed by atoms with Crippen molar-refractivity contribution in [1.29, 1.82) is 0 Å². The van der Waals surface area contributed by atoms with Gasteiger partial charge in [0.25, 0.3) is 0 Å². The quantitative estimate of drug-likeness (QED) is 0.715. The molecule has 0 atom stereocenters. The van der Waals surface area contributed by atoms with Crippen molar-refractivity contribution in [2.45, 2.75) is 13.8 Å². The van der Waals surface area contributed by atoms with E-state index < -0.39 is 0 Å². The summed E-state index contributed by atoms with van der Waals surface area (Å²) < 4.78 is 0. The zero-order valence-corrected chi connectivity index (χ0v) is 8.99. The lowest BCUT2D eigenvalue weighted by atomic mass is 10.0. The Morgan fingerprint density at radius 2 is 1.87 bits per heavy atom. The molecule has 0 aliphatic carbocycles. The van der Waals surface area contributed by atoms with Crippen molar-refractivity contribution in [2.75, 3.05) is 5.73 Å². The number of anilines is 1. The van der Waals surface area contributed by atoms with Gasteiger partial charge in [-0.05, 0) is 43.2 Å². The largest absolute Gasteiger partial charge is 0.398 e. The van der Waals surface area contributed by atoms with Gasteiger partial charge in [0.1, 0.15) is 0 Å². The number of nitrogens with two attached hydrogens (primary N) is 1. The van der Waals surface area contributed by atoms with Gasteiger partial charge in [0.05, 0.1) is 5.69 Å². The highest BCUT2D eigenvalue weighted by Gasteiger charge is 2.04. The fourth-order valence-electron chi connectivity index (χ4n) is 1.67. The summed E-state index contributed by atoms with van der Waals surface area (Å²) in [6, 6.07) is 9.98. The van der Waals surface area contributed by atoms with Crippen LogP contribution in [0.2, 0.25) is 0 Å². The molecule has 0 spiro atoms. The van der Waals surface area contributed by atoms with Crippen molar-refractivity contribution in [1.82, 2.24) is 4.98 Å². The molecule has 2 heteroatoms. The third kappa shape index (κ3) is 1.84. The molecule has 1 heterocycles. The summed E-state index contributed by atoms with van der Waals surface area (Å²) in [6.45, 7) is 4.10. The van der Waals surface area contributed by atoms with E-state index in [1.165, 1.54) is 5.56 Å². The van der Waals surface area contributed by atoms with E-state index in [4.69, 9.17) is 5.73 Å². The summed E-state index contributed by atoms with van der Waals surface area (Å²) in [7, 11) is 0. The van der Waals surface area contributed by atoms with Crippen LogP contribution in [-0.4, -0.2) is 4.98 Å². The molecular weight excluding hydrogens is 184 g/mol. The average molecular weight is 198 g/mol. The summed E-state index contributed by atoms with van der Waals surface area (Å²) in [4.78, 5) is 4.33. The number of aromatic nitrogens is 1. The zero-order valence-electron chi connectivity index (χ0n) is 8.99. The summed E-state index contributed by atoms with van der Waals surface area (Å²) in [6.07, 6.45) is 1.80. The Morgan fingerprint density at radius 3 is 2.53 bits per heavy atom. The fourth-order valence-corrected chi connectivity index (χ4v) is 1.67. The SMILES string of the molecule is Cc1cc(C)c(-c2ccccn2)cc1N. The van der Waals surface area contributed by atoms with Gasteiger partial charge >= 0.3 is 0 Å². The predicted molar refractivity (Wildman–Crippen MR) is 63.6 cm³/mol. The number of pyridine rings is 1. The smallest absolute Gasteiger partial charge is 0.0705 e. The second-order valence-electron chi connectivity index (χ2n) is 3.74. The van der Waals surface area contributed by atoms with Crippen LogP contribution >= 0.6 is 0 Å². The molecule has 0 aliphatic rings. The fraction of sp³-hybridized carbons (Fsp3) is 0.154. The molecule has 0 unspecified atom stereocenters. The lowest BCUT2D eigenvalue weighted by Gasteiger charge is -2.08. The molecule has 2 aromatic rings. The highest BCUT2D eigenvalue weighted by Crippen LogP contribution is 2.25. The van der Waals surface area contributed by atoms with E-state index in [0.717, 1.165) is 22.5 Å². The Morgan fingerprint density at radius 1 is 1.07 bits per heavy atom. The van der Waals surface area contributed by atoms with Crippen LogP contribution in [0.5, 0.6) is 0 Å². The van der Waals surface area contributed by atoms with E-state index >= 15 is 0 Å². The lowest BCUT2D eigenvalue weighted by molar-refractivity contribution is 1.29. The third-order valence-corrected chi connectivity index (χ3v) is 2.55. The van der Waals surface area contributed by atoms with Gasteiger partial charge in [-0.2, -0.15) is 0 Å². The number of hydrogen-bond acceptors (Lipinski definition) is 2. The number of rotatable bonds is 1. The Balaban J connectivity index is 2.59. The molecule has 0 bridgehead atoms. The zero-order chi connectivity index (χ0) is 10.8. The number of nitrogen functional groups attached to an aromatic ring is 1. The van der Waals surface area contributed by atoms with Gasteiger partial charge in [-0.3, -0.25) is 4.98 Å². The first-order valence-corrected chi connectivity index (χ1v) is 4.96. The first-order valence-electron chi connectivity index (χ1n) is 4.96. The van der Waals surface area contributed by atoms with Crippen molar-refractivity contribution in [2.24, 2.45) is 0 Å². The van der Waals surface area contributed by atoms with Crippen LogP contribution in [0.1, 0.15) is 11.1 Å². The molecule has 2 rings (SSSR count). The van der Waals surface area contributed by atoms with Gasteiger partial charge in [0.15, 0.2) is 0 Å². The molecular formula is C13H14N2. The van der Waals surface area contributed by atoms with Crippen LogP contribution in [0.25, 0.3) is 11.3 Å². The third-order valence-electron chi connectivity index (χ3n) is 2.55. The molecule has 2 N–H and O–H groups in total. The maximum absolute atomic E-state index is 5.90. The standard InChI is InChI=1S/C13H14N2/c1-9-7-10(2)12(14)8-11(9)13-5-3-4-6-15-13/h3-8H,14H2,1-2H3. The van der Waals surface area contributed by atoms with E-state index in [-0.39, 0.29) is 0 Å². The molecule has 0 amide bonds. The Hall–Kier alpha value is -1.83. The minimum absolute atomic E-state index is 0.821. The molecule has 76 valence electrons. The van der Waals surface area contributed by atoms with E-state index in [9.17, 15) is 0 Å². The first kappa shape index (κ1) is 9.71. The maximum atomic E-state index is 5.90. The monoisotopic (exact) mass is 198 g/mol. The first-order chi connectivity index (χ1) is 7.18. The van der Waals surface area contributed by atoms with Gasteiger partial charge in [-0.25, -0.2) is 0 Å². The van der Waals surface area contributed by atoms with Crippen LogP contribution in [-0.2, 0) is 0 Å². The number of aryl methyl sites for hydroxylation is 2. The van der Waals surface area contributed by atoms with Crippen molar-refractivity contribution in [3.8, 4) is 11.3 Å².